The molecule has 6 heteroatoms. The fraction of sp³-hybridized carbons (Fsp3) is 0.429. The molecule has 27 heavy (non-hydrogen) atoms. The zero-order valence-corrected chi connectivity index (χ0v) is 16.0. The van der Waals surface area contributed by atoms with Crippen LogP contribution in [-0.2, 0) is 13.0 Å². The first-order valence-corrected chi connectivity index (χ1v) is 9.72. The van der Waals surface area contributed by atoms with E-state index < -0.39 is 0 Å². The predicted molar refractivity (Wildman–Crippen MR) is 106 cm³/mol. The van der Waals surface area contributed by atoms with Gasteiger partial charge < -0.3 is 9.47 Å². The predicted octanol–water partition coefficient (Wildman–Crippen LogP) is 3.37. The molecule has 0 bridgehead atoms. The van der Waals surface area contributed by atoms with Crippen LogP contribution in [-0.4, -0.2) is 37.6 Å². The van der Waals surface area contributed by atoms with Crippen LogP contribution in [0.25, 0.3) is 0 Å². The van der Waals surface area contributed by atoms with Crippen molar-refractivity contribution in [1.29, 1.82) is 0 Å². The number of aryl methyl sites for hydroxylation is 2. The summed E-state index contributed by atoms with van der Waals surface area (Å²) < 4.78 is 2.28. The highest BCUT2D eigenvalue weighted by atomic mass is 15.2. The van der Waals surface area contributed by atoms with E-state index in [0.29, 0.717) is 5.92 Å². The fourth-order valence-corrected chi connectivity index (χ4v) is 3.85. The van der Waals surface area contributed by atoms with Crippen molar-refractivity contribution in [3.8, 4) is 0 Å². The lowest BCUT2D eigenvalue weighted by Gasteiger charge is -2.33. The molecule has 0 spiro atoms. The second kappa shape index (κ2) is 7.86. The molecule has 4 rings (SSSR count). The van der Waals surface area contributed by atoms with E-state index in [2.05, 4.69) is 49.7 Å². The first kappa shape index (κ1) is 17.6. The Morgan fingerprint density at radius 3 is 2.59 bits per heavy atom. The normalized spacial score (nSPS) is 15.3. The molecule has 1 aliphatic rings. The van der Waals surface area contributed by atoms with Crippen molar-refractivity contribution in [2.45, 2.75) is 45.6 Å². The number of hydrogen-bond donors (Lipinski definition) is 0. The molecule has 6 nitrogen and oxygen atoms in total. The topological polar surface area (TPSA) is 59.7 Å². The van der Waals surface area contributed by atoms with Crippen LogP contribution in [0.15, 0.2) is 43.1 Å². The van der Waals surface area contributed by atoms with Crippen LogP contribution in [0.2, 0.25) is 0 Å². The first-order valence-electron chi connectivity index (χ1n) is 9.72. The maximum atomic E-state index is 4.72. The smallest absolute Gasteiger partial charge is 0.135 e. The Hall–Kier alpha value is -2.76. The van der Waals surface area contributed by atoms with E-state index in [9.17, 15) is 0 Å². The Bertz CT molecular complexity index is 881. The van der Waals surface area contributed by atoms with Gasteiger partial charge in [0.1, 0.15) is 17.5 Å². The lowest BCUT2D eigenvalue weighted by Crippen LogP contribution is -2.35. The largest absolute Gasteiger partial charge is 0.356 e. The molecule has 0 N–H and O–H groups in total. The zero-order chi connectivity index (χ0) is 18.6. The number of hydrogen-bond acceptors (Lipinski definition) is 5. The minimum Gasteiger partial charge on any atom is -0.356 e. The van der Waals surface area contributed by atoms with E-state index in [1.54, 1.807) is 0 Å². The molecular weight excluding hydrogens is 336 g/mol. The van der Waals surface area contributed by atoms with Crippen molar-refractivity contribution in [3.63, 3.8) is 0 Å². The van der Waals surface area contributed by atoms with Crippen LogP contribution >= 0.6 is 0 Å². The maximum Gasteiger partial charge on any atom is 0.135 e. The highest BCUT2D eigenvalue weighted by Gasteiger charge is 2.25. The van der Waals surface area contributed by atoms with Gasteiger partial charge in [0.25, 0.3) is 0 Å². The molecule has 140 valence electrons. The summed E-state index contributed by atoms with van der Waals surface area (Å²) in [7, 11) is 0. The van der Waals surface area contributed by atoms with Crippen molar-refractivity contribution >= 4 is 5.82 Å². The molecule has 0 saturated carbocycles. The van der Waals surface area contributed by atoms with E-state index in [1.807, 2.05) is 31.7 Å². The average Bonchev–Trinajstić information content (AvgIpc) is 3.17. The molecule has 1 aliphatic heterocycles. The number of nitrogens with zero attached hydrogens (tertiary/aromatic N) is 6. The number of anilines is 1. The summed E-state index contributed by atoms with van der Waals surface area (Å²) in [5.41, 5.74) is 2.49. The zero-order valence-electron chi connectivity index (χ0n) is 16.0. The number of piperidine rings is 1. The molecule has 0 unspecified atom stereocenters. The summed E-state index contributed by atoms with van der Waals surface area (Å²) in [5.74, 6) is 3.65. The number of aromatic nitrogens is 5. The molecule has 1 fully saturated rings. The Kier molecular flexibility index (Phi) is 5.14. The Morgan fingerprint density at radius 1 is 1.07 bits per heavy atom. The fourth-order valence-electron chi connectivity index (χ4n) is 3.85. The molecule has 3 aromatic heterocycles. The van der Waals surface area contributed by atoms with Crippen LogP contribution < -0.4 is 4.90 Å². The molecule has 0 aromatic carbocycles. The van der Waals surface area contributed by atoms with Gasteiger partial charge in [0, 0.05) is 62.1 Å². The van der Waals surface area contributed by atoms with Crippen molar-refractivity contribution < 1.29 is 0 Å². The lowest BCUT2D eigenvalue weighted by atomic mass is 9.95. The SMILES string of the molecule is CCc1cnc(C)nc1N1CCC(c2nccn2Cc2ccncc2)CC1. The monoisotopic (exact) mass is 362 g/mol. The van der Waals surface area contributed by atoms with Gasteiger partial charge in [-0.25, -0.2) is 15.0 Å². The van der Waals surface area contributed by atoms with E-state index >= 15 is 0 Å². The van der Waals surface area contributed by atoms with Crippen LogP contribution in [0.1, 0.15) is 48.5 Å². The van der Waals surface area contributed by atoms with Crippen LogP contribution in [0.5, 0.6) is 0 Å². The Balaban J connectivity index is 1.46. The van der Waals surface area contributed by atoms with Crippen molar-refractivity contribution in [2.75, 3.05) is 18.0 Å². The van der Waals surface area contributed by atoms with Gasteiger partial charge in [0.05, 0.1) is 0 Å². The molecule has 0 atom stereocenters. The van der Waals surface area contributed by atoms with Gasteiger partial charge >= 0.3 is 0 Å². The minimum atomic E-state index is 0.492. The summed E-state index contributed by atoms with van der Waals surface area (Å²) >= 11 is 0. The summed E-state index contributed by atoms with van der Waals surface area (Å²) in [6.07, 6.45) is 12.8. The molecule has 0 radical (unpaired) electrons. The van der Waals surface area contributed by atoms with Gasteiger partial charge in [-0.1, -0.05) is 6.92 Å². The van der Waals surface area contributed by atoms with Crippen molar-refractivity contribution in [2.24, 2.45) is 0 Å². The van der Waals surface area contributed by atoms with E-state index in [-0.39, 0.29) is 0 Å². The second-order valence-electron chi connectivity index (χ2n) is 7.15. The second-order valence-corrected chi connectivity index (χ2v) is 7.15. The summed E-state index contributed by atoms with van der Waals surface area (Å²) in [4.78, 5) is 20.3. The van der Waals surface area contributed by atoms with Gasteiger partial charge in [0.2, 0.25) is 0 Å². The number of imidazole rings is 1. The number of pyridine rings is 1. The van der Waals surface area contributed by atoms with Gasteiger partial charge in [-0.2, -0.15) is 0 Å². The molecule has 4 heterocycles. The van der Waals surface area contributed by atoms with Gasteiger partial charge in [-0.05, 0) is 43.9 Å². The molecule has 1 saturated heterocycles. The molecule has 0 aliphatic carbocycles. The highest BCUT2D eigenvalue weighted by molar-refractivity contribution is 5.46. The standard InChI is InChI=1S/C21H26N6/c1-3-18-14-24-16(2)25-21(18)26-11-6-19(7-12-26)20-23-10-13-27(20)15-17-4-8-22-9-5-17/h4-5,8-10,13-14,19H,3,6-7,11-12,15H2,1-2H3. The Labute approximate surface area is 160 Å². The summed E-state index contributed by atoms with van der Waals surface area (Å²) in [6, 6.07) is 4.13. The Morgan fingerprint density at radius 2 is 1.85 bits per heavy atom. The summed E-state index contributed by atoms with van der Waals surface area (Å²) in [5, 5.41) is 0. The third-order valence-corrected chi connectivity index (χ3v) is 5.35. The molecule has 3 aromatic rings. The third-order valence-electron chi connectivity index (χ3n) is 5.35. The molecular formula is C21H26N6. The van der Waals surface area contributed by atoms with E-state index in [0.717, 1.165) is 50.5 Å². The van der Waals surface area contributed by atoms with Gasteiger partial charge in [0.15, 0.2) is 0 Å². The molecule has 0 amide bonds. The average molecular weight is 362 g/mol. The first-order chi connectivity index (χ1) is 13.2. The van der Waals surface area contributed by atoms with Crippen molar-refractivity contribution in [3.05, 3.63) is 65.9 Å². The minimum absolute atomic E-state index is 0.492. The van der Waals surface area contributed by atoms with E-state index in [1.165, 1.54) is 17.0 Å². The van der Waals surface area contributed by atoms with Crippen LogP contribution in [0, 0.1) is 6.92 Å². The lowest BCUT2D eigenvalue weighted by molar-refractivity contribution is 0.467. The van der Waals surface area contributed by atoms with Gasteiger partial charge in [-0.3, -0.25) is 4.98 Å². The van der Waals surface area contributed by atoms with Crippen molar-refractivity contribution in [1.82, 2.24) is 24.5 Å². The highest BCUT2D eigenvalue weighted by Crippen LogP contribution is 2.30. The third kappa shape index (κ3) is 3.84. The maximum absolute atomic E-state index is 4.72. The number of rotatable bonds is 5. The van der Waals surface area contributed by atoms with Crippen LogP contribution in [0.3, 0.4) is 0 Å². The quantitative estimate of drug-likeness (QED) is 0.696. The van der Waals surface area contributed by atoms with Crippen LogP contribution in [0.4, 0.5) is 5.82 Å². The van der Waals surface area contributed by atoms with E-state index in [4.69, 9.17) is 4.98 Å². The van der Waals surface area contributed by atoms with Gasteiger partial charge in [-0.15, -0.1) is 0 Å². The summed E-state index contributed by atoms with van der Waals surface area (Å²) in [6.45, 7) is 7.00.